The first-order chi connectivity index (χ1) is 13.6. The van der Waals surface area contributed by atoms with Gasteiger partial charge in [-0.15, -0.1) is 11.3 Å². The van der Waals surface area contributed by atoms with Gasteiger partial charge >= 0.3 is 0 Å². The third-order valence-electron chi connectivity index (χ3n) is 6.15. The summed E-state index contributed by atoms with van der Waals surface area (Å²) in [6.45, 7) is 6.65. The highest BCUT2D eigenvalue weighted by molar-refractivity contribution is 7.16. The molecule has 1 saturated carbocycles. The predicted molar refractivity (Wildman–Crippen MR) is 114 cm³/mol. The van der Waals surface area contributed by atoms with Gasteiger partial charge in [-0.05, 0) is 44.2 Å². The summed E-state index contributed by atoms with van der Waals surface area (Å²) in [5.41, 5.74) is 0.753. The summed E-state index contributed by atoms with van der Waals surface area (Å²) in [6.07, 6.45) is 8.49. The molecular weight excluding hydrogens is 370 g/mol. The molecule has 2 fully saturated rings. The van der Waals surface area contributed by atoms with Crippen molar-refractivity contribution in [2.24, 2.45) is 5.92 Å². The summed E-state index contributed by atoms with van der Waals surface area (Å²) in [4.78, 5) is 31.2. The molecule has 2 aromatic heterocycles. The standard InChI is InChI=1S/C22H29N3O2S/c1-3-4-10-25-19(14-18-9-13-28-22(18)25)21(27)23-11-12-24(16(2)15-23)20(26)17-7-5-6-8-17/h3-4,9,13-14,16-17H,5-8,10-12,15H2,1-2H3/b4-3-. The molecule has 5 nitrogen and oxygen atoms in total. The van der Waals surface area contributed by atoms with Crippen LogP contribution in [0.5, 0.6) is 0 Å². The van der Waals surface area contributed by atoms with Gasteiger partial charge in [-0.2, -0.15) is 0 Å². The molecule has 1 unspecified atom stereocenters. The first kappa shape index (κ1) is 19.2. The van der Waals surface area contributed by atoms with Gasteiger partial charge in [0.25, 0.3) is 5.91 Å². The lowest BCUT2D eigenvalue weighted by atomic mass is 10.0. The molecule has 28 heavy (non-hydrogen) atoms. The molecule has 0 radical (unpaired) electrons. The SMILES string of the molecule is C/C=C\Cn1c(C(=O)N2CCN(C(=O)C3CCCC3)C(C)C2)cc2ccsc21. The van der Waals surface area contributed by atoms with Crippen LogP contribution in [0.3, 0.4) is 0 Å². The lowest BCUT2D eigenvalue weighted by molar-refractivity contribution is -0.139. The van der Waals surface area contributed by atoms with Crippen LogP contribution < -0.4 is 0 Å². The minimum Gasteiger partial charge on any atom is -0.336 e. The molecule has 150 valence electrons. The molecule has 1 aliphatic carbocycles. The summed E-state index contributed by atoms with van der Waals surface area (Å²) in [5, 5.41) is 3.20. The van der Waals surface area contributed by atoms with Crippen LogP contribution in [0.15, 0.2) is 29.7 Å². The van der Waals surface area contributed by atoms with Crippen LogP contribution in [0.2, 0.25) is 0 Å². The van der Waals surface area contributed by atoms with Crippen LogP contribution in [0, 0.1) is 5.92 Å². The molecule has 0 N–H and O–H groups in total. The van der Waals surface area contributed by atoms with Crippen molar-refractivity contribution in [1.82, 2.24) is 14.4 Å². The second kappa shape index (κ2) is 8.11. The van der Waals surface area contributed by atoms with Gasteiger partial charge in [0.2, 0.25) is 5.91 Å². The van der Waals surface area contributed by atoms with Crippen LogP contribution in [-0.4, -0.2) is 51.9 Å². The average molecular weight is 400 g/mol. The molecule has 2 aliphatic rings. The number of amides is 2. The Morgan fingerprint density at radius 1 is 1.25 bits per heavy atom. The van der Waals surface area contributed by atoms with Crippen LogP contribution in [-0.2, 0) is 11.3 Å². The number of fused-ring (bicyclic) bond motifs is 1. The Kier molecular flexibility index (Phi) is 5.58. The predicted octanol–water partition coefficient (Wildman–Crippen LogP) is 4.14. The lowest BCUT2D eigenvalue weighted by Crippen LogP contribution is -2.56. The molecule has 0 spiro atoms. The fraction of sp³-hybridized carbons (Fsp3) is 0.545. The maximum absolute atomic E-state index is 13.3. The molecule has 3 heterocycles. The van der Waals surface area contributed by atoms with E-state index >= 15 is 0 Å². The van der Waals surface area contributed by atoms with Crippen molar-refractivity contribution in [3.8, 4) is 0 Å². The fourth-order valence-electron chi connectivity index (χ4n) is 4.58. The van der Waals surface area contributed by atoms with Gasteiger partial charge in [-0.1, -0.05) is 25.0 Å². The number of aromatic nitrogens is 1. The molecule has 0 bridgehead atoms. The van der Waals surface area contributed by atoms with Crippen molar-refractivity contribution in [2.45, 2.75) is 52.1 Å². The van der Waals surface area contributed by atoms with Crippen LogP contribution in [0.1, 0.15) is 50.0 Å². The van der Waals surface area contributed by atoms with E-state index in [2.05, 4.69) is 29.0 Å². The fourth-order valence-corrected chi connectivity index (χ4v) is 5.49. The van der Waals surface area contributed by atoms with Gasteiger partial charge in [-0.3, -0.25) is 9.59 Å². The van der Waals surface area contributed by atoms with Crippen LogP contribution in [0.25, 0.3) is 10.2 Å². The van der Waals surface area contributed by atoms with E-state index in [1.807, 2.05) is 28.9 Å². The first-order valence-electron chi connectivity index (χ1n) is 10.4. The van der Waals surface area contributed by atoms with Crippen LogP contribution >= 0.6 is 11.3 Å². The molecule has 1 atom stereocenters. The largest absolute Gasteiger partial charge is 0.336 e. The van der Waals surface area contributed by atoms with Gasteiger partial charge in [0.05, 0.1) is 0 Å². The molecule has 0 aromatic carbocycles. The van der Waals surface area contributed by atoms with Crippen molar-refractivity contribution in [3.63, 3.8) is 0 Å². The van der Waals surface area contributed by atoms with Crippen molar-refractivity contribution >= 4 is 33.4 Å². The van der Waals surface area contributed by atoms with E-state index in [1.165, 1.54) is 12.8 Å². The topological polar surface area (TPSA) is 45.6 Å². The lowest BCUT2D eigenvalue weighted by Gasteiger charge is -2.41. The molecule has 1 aliphatic heterocycles. The zero-order valence-electron chi connectivity index (χ0n) is 16.8. The summed E-state index contributed by atoms with van der Waals surface area (Å²) in [7, 11) is 0. The molecule has 2 amide bonds. The Labute approximate surface area is 170 Å². The minimum absolute atomic E-state index is 0.0749. The van der Waals surface area contributed by atoms with Crippen molar-refractivity contribution in [1.29, 1.82) is 0 Å². The Bertz CT molecular complexity index is 891. The van der Waals surface area contributed by atoms with E-state index in [4.69, 9.17) is 0 Å². The highest BCUT2D eigenvalue weighted by atomic mass is 32.1. The highest BCUT2D eigenvalue weighted by Crippen LogP contribution is 2.29. The smallest absolute Gasteiger partial charge is 0.270 e. The van der Waals surface area contributed by atoms with Crippen molar-refractivity contribution < 1.29 is 9.59 Å². The third kappa shape index (κ3) is 3.50. The Hall–Kier alpha value is -2.08. The van der Waals surface area contributed by atoms with E-state index in [0.29, 0.717) is 32.1 Å². The first-order valence-corrected chi connectivity index (χ1v) is 11.3. The van der Waals surface area contributed by atoms with E-state index in [-0.39, 0.29) is 17.9 Å². The second-order valence-electron chi connectivity index (χ2n) is 8.00. The third-order valence-corrected chi connectivity index (χ3v) is 7.10. The molecule has 2 aromatic rings. The number of thiophene rings is 1. The normalized spacial score (nSPS) is 21.3. The summed E-state index contributed by atoms with van der Waals surface area (Å²) in [5.74, 6) is 0.580. The average Bonchev–Trinajstić information content (AvgIpc) is 3.42. The van der Waals surface area contributed by atoms with Gasteiger partial charge in [0.15, 0.2) is 0 Å². The molecule has 1 saturated heterocycles. The van der Waals surface area contributed by atoms with Gasteiger partial charge in [0, 0.05) is 43.5 Å². The molecular formula is C22H29N3O2S. The summed E-state index contributed by atoms with van der Waals surface area (Å²) < 4.78 is 2.11. The Morgan fingerprint density at radius 3 is 2.75 bits per heavy atom. The monoisotopic (exact) mass is 399 g/mol. The van der Waals surface area contributed by atoms with E-state index in [1.54, 1.807) is 11.3 Å². The van der Waals surface area contributed by atoms with Gasteiger partial charge < -0.3 is 14.4 Å². The number of carbonyl (C=O) groups excluding carboxylic acids is 2. The molecule has 6 heteroatoms. The van der Waals surface area contributed by atoms with E-state index in [0.717, 1.165) is 28.8 Å². The van der Waals surface area contributed by atoms with Gasteiger partial charge in [0.1, 0.15) is 10.5 Å². The number of rotatable bonds is 4. The van der Waals surface area contributed by atoms with Gasteiger partial charge in [-0.25, -0.2) is 0 Å². The minimum atomic E-state index is 0.0749. The zero-order valence-corrected chi connectivity index (χ0v) is 17.6. The number of nitrogens with zero attached hydrogens (tertiary/aromatic N) is 3. The second-order valence-corrected chi connectivity index (χ2v) is 8.90. The number of hydrogen-bond acceptors (Lipinski definition) is 3. The number of allylic oxidation sites excluding steroid dienone is 2. The quantitative estimate of drug-likeness (QED) is 0.725. The van der Waals surface area contributed by atoms with E-state index in [9.17, 15) is 9.59 Å². The maximum Gasteiger partial charge on any atom is 0.270 e. The number of carbonyl (C=O) groups is 2. The summed E-state index contributed by atoms with van der Waals surface area (Å²) in [6, 6.07) is 4.16. The zero-order chi connectivity index (χ0) is 19.7. The Morgan fingerprint density at radius 2 is 2.04 bits per heavy atom. The Balaban J connectivity index is 1.50. The molecule has 4 rings (SSSR count). The number of piperazine rings is 1. The van der Waals surface area contributed by atoms with Crippen LogP contribution in [0.4, 0.5) is 0 Å². The maximum atomic E-state index is 13.3. The summed E-state index contributed by atoms with van der Waals surface area (Å²) >= 11 is 1.67. The van der Waals surface area contributed by atoms with E-state index < -0.39 is 0 Å². The van der Waals surface area contributed by atoms with Crippen molar-refractivity contribution in [2.75, 3.05) is 19.6 Å². The number of hydrogen-bond donors (Lipinski definition) is 0. The van der Waals surface area contributed by atoms with Crippen molar-refractivity contribution in [3.05, 3.63) is 35.4 Å². The highest BCUT2D eigenvalue weighted by Gasteiger charge is 2.35.